The molecule has 1 rings (SSSR count). The molecule has 0 N–H and O–H groups in total. The fourth-order valence-electron chi connectivity index (χ4n) is 1.92. The highest BCUT2D eigenvalue weighted by Gasteiger charge is 2.09. The molecule has 15 heavy (non-hydrogen) atoms. The summed E-state index contributed by atoms with van der Waals surface area (Å²) < 4.78 is 5.21. The van der Waals surface area contributed by atoms with Crippen LogP contribution in [-0.2, 0) is 19.3 Å². The van der Waals surface area contributed by atoms with Crippen LogP contribution in [0.15, 0.2) is 15.3 Å². The molecular formula is C13H20O2. The van der Waals surface area contributed by atoms with Gasteiger partial charge in [0.1, 0.15) is 5.76 Å². The number of rotatable bonds is 5. The zero-order chi connectivity index (χ0) is 11.3. The van der Waals surface area contributed by atoms with E-state index in [0.717, 1.165) is 37.9 Å². The topological polar surface area (TPSA) is 30.2 Å². The second-order valence-electron chi connectivity index (χ2n) is 3.80. The van der Waals surface area contributed by atoms with Gasteiger partial charge in [0, 0.05) is 12.5 Å². The van der Waals surface area contributed by atoms with Crippen LogP contribution < -0.4 is 5.63 Å². The van der Waals surface area contributed by atoms with E-state index in [1.165, 1.54) is 11.1 Å². The van der Waals surface area contributed by atoms with E-state index < -0.39 is 0 Å². The average molecular weight is 208 g/mol. The van der Waals surface area contributed by atoms with E-state index in [1.54, 1.807) is 6.07 Å². The van der Waals surface area contributed by atoms with Crippen LogP contribution in [0.5, 0.6) is 0 Å². The van der Waals surface area contributed by atoms with Gasteiger partial charge in [0.15, 0.2) is 0 Å². The number of unbranched alkanes of at least 4 members (excludes halogenated alkanes) is 1. The molecule has 84 valence electrons. The van der Waals surface area contributed by atoms with Crippen LogP contribution in [0.4, 0.5) is 0 Å². The van der Waals surface area contributed by atoms with Crippen LogP contribution in [0.2, 0.25) is 0 Å². The first kappa shape index (κ1) is 12.0. The third kappa shape index (κ3) is 2.95. The first-order chi connectivity index (χ1) is 7.22. The van der Waals surface area contributed by atoms with Crippen LogP contribution in [0, 0.1) is 0 Å². The van der Waals surface area contributed by atoms with E-state index in [0.29, 0.717) is 0 Å². The van der Waals surface area contributed by atoms with Crippen molar-refractivity contribution in [2.45, 2.75) is 52.9 Å². The van der Waals surface area contributed by atoms with Crippen LogP contribution in [0.25, 0.3) is 0 Å². The molecular weight excluding hydrogens is 188 g/mol. The van der Waals surface area contributed by atoms with Gasteiger partial charge in [0.2, 0.25) is 0 Å². The van der Waals surface area contributed by atoms with Crippen LogP contribution >= 0.6 is 0 Å². The second-order valence-corrected chi connectivity index (χ2v) is 3.80. The molecule has 0 aliphatic rings. The smallest absolute Gasteiger partial charge is 0.336 e. The largest absolute Gasteiger partial charge is 0.428 e. The van der Waals surface area contributed by atoms with E-state index in [-0.39, 0.29) is 5.63 Å². The lowest BCUT2D eigenvalue weighted by atomic mass is 9.99. The van der Waals surface area contributed by atoms with E-state index in [2.05, 4.69) is 13.8 Å². The van der Waals surface area contributed by atoms with E-state index >= 15 is 0 Å². The first-order valence-electron chi connectivity index (χ1n) is 5.87. The lowest BCUT2D eigenvalue weighted by molar-refractivity contribution is 0.454. The number of hydrogen-bond acceptors (Lipinski definition) is 2. The molecule has 0 bridgehead atoms. The summed E-state index contributed by atoms with van der Waals surface area (Å²) in [5.41, 5.74) is 2.23. The summed E-state index contributed by atoms with van der Waals surface area (Å²) in [6.45, 7) is 6.31. The van der Waals surface area contributed by atoms with Crippen molar-refractivity contribution >= 4 is 0 Å². The van der Waals surface area contributed by atoms with E-state index in [1.807, 2.05) is 6.92 Å². The van der Waals surface area contributed by atoms with Crippen molar-refractivity contribution in [3.05, 3.63) is 33.4 Å². The Morgan fingerprint density at radius 1 is 1.20 bits per heavy atom. The predicted octanol–water partition coefficient (Wildman–Crippen LogP) is 3.11. The third-order valence-electron chi connectivity index (χ3n) is 2.71. The molecule has 1 aromatic rings. The van der Waals surface area contributed by atoms with Gasteiger partial charge in [-0.3, -0.25) is 0 Å². The molecule has 2 nitrogen and oxygen atoms in total. The lowest BCUT2D eigenvalue weighted by Gasteiger charge is -2.09. The molecule has 0 fully saturated rings. The van der Waals surface area contributed by atoms with E-state index in [4.69, 9.17) is 4.42 Å². The quantitative estimate of drug-likeness (QED) is 0.744. The molecule has 0 aliphatic carbocycles. The third-order valence-corrected chi connectivity index (χ3v) is 2.71. The highest BCUT2D eigenvalue weighted by Crippen LogP contribution is 2.16. The van der Waals surface area contributed by atoms with Crippen LogP contribution in [0.3, 0.4) is 0 Å². The first-order valence-corrected chi connectivity index (χ1v) is 5.87. The van der Waals surface area contributed by atoms with Crippen molar-refractivity contribution in [2.75, 3.05) is 0 Å². The van der Waals surface area contributed by atoms with Gasteiger partial charge in [-0.2, -0.15) is 0 Å². The molecule has 0 amide bonds. The Kier molecular flexibility index (Phi) is 4.60. The Labute approximate surface area is 91.3 Å². The van der Waals surface area contributed by atoms with Gasteiger partial charge in [-0.15, -0.1) is 0 Å². The lowest BCUT2D eigenvalue weighted by Crippen LogP contribution is -2.08. The van der Waals surface area contributed by atoms with Gasteiger partial charge in [0.05, 0.1) is 0 Å². The normalized spacial score (nSPS) is 10.6. The minimum absolute atomic E-state index is 0.199. The Bertz CT molecular complexity index is 363. The molecule has 2 heteroatoms. The van der Waals surface area contributed by atoms with Gasteiger partial charge in [-0.25, -0.2) is 4.79 Å². The molecule has 0 aliphatic heterocycles. The highest BCUT2D eigenvalue weighted by atomic mass is 16.4. The van der Waals surface area contributed by atoms with Gasteiger partial charge in [0.25, 0.3) is 0 Å². The van der Waals surface area contributed by atoms with Gasteiger partial charge >= 0.3 is 5.63 Å². The summed E-state index contributed by atoms with van der Waals surface area (Å²) in [5.74, 6) is 0.871. The maximum absolute atomic E-state index is 11.3. The van der Waals surface area contributed by atoms with Crippen molar-refractivity contribution in [3.8, 4) is 0 Å². The van der Waals surface area contributed by atoms with Crippen LogP contribution in [0.1, 0.15) is 50.5 Å². The van der Waals surface area contributed by atoms with Gasteiger partial charge in [-0.05, 0) is 30.4 Å². The summed E-state index contributed by atoms with van der Waals surface area (Å²) in [6, 6.07) is 1.66. The molecule has 0 unspecified atom stereocenters. The van der Waals surface area contributed by atoms with Crippen LogP contribution in [-0.4, -0.2) is 0 Å². The summed E-state index contributed by atoms with van der Waals surface area (Å²) in [4.78, 5) is 11.3. The van der Waals surface area contributed by atoms with Crippen molar-refractivity contribution in [1.29, 1.82) is 0 Å². The maximum atomic E-state index is 11.3. The predicted molar refractivity (Wildman–Crippen MR) is 62.3 cm³/mol. The summed E-state index contributed by atoms with van der Waals surface area (Å²) in [6.07, 6.45) is 5.05. The summed E-state index contributed by atoms with van der Waals surface area (Å²) >= 11 is 0. The SMILES string of the molecule is CCCCc1cc(=O)oc(CC)c1CC. The fourth-order valence-corrected chi connectivity index (χ4v) is 1.92. The van der Waals surface area contributed by atoms with Gasteiger partial charge in [-0.1, -0.05) is 27.2 Å². The minimum Gasteiger partial charge on any atom is -0.428 e. The van der Waals surface area contributed by atoms with Crippen molar-refractivity contribution < 1.29 is 4.42 Å². The number of hydrogen-bond donors (Lipinski definition) is 0. The molecule has 0 atom stereocenters. The Morgan fingerprint density at radius 3 is 2.47 bits per heavy atom. The fraction of sp³-hybridized carbons (Fsp3) is 0.615. The summed E-state index contributed by atoms with van der Waals surface area (Å²) in [5, 5.41) is 0. The molecule has 0 aromatic carbocycles. The number of aryl methyl sites for hydroxylation is 2. The van der Waals surface area contributed by atoms with E-state index in [9.17, 15) is 4.79 Å². The molecule has 0 saturated carbocycles. The zero-order valence-electron chi connectivity index (χ0n) is 9.93. The summed E-state index contributed by atoms with van der Waals surface area (Å²) in [7, 11) is 0. The molecule has 0 saturated heterocycles. The van der Waals surface area contributed by atoms with Crippen molar-refractivity contribution in [1.82, 2.24) is 0 Å². The average Bonchev–Trinajstić information content (AvgIpc) is 2.25. The standard InChI is InChI=1S/C13H20O2/c1-4-7-8-10-9-13(14)15-12(6-3)11(10)5-2/h9H,4-8H2,1-3H3. The molecule has 1 aromatic heterocycles. The monoisotopic (exact) mass is 208 g/mol. The second kappa shape index (κ2) is 5.74. The van der Waals surface area contributed by atoms with Crippen molar-refractivity contribution in [2.24, 2.45) is 0 Å². The van der Waals surface area contributed by atoms with Crippen molar-refractivity contribution in [3.63, 3.8) is 0 Å². The zero-order valence-corrected chi connectivity index (χ0v) is 9.93. The molecule has 0 radical (unpaired) electrons. The Balaban J connectivity index is 3.10. The Morgan fingerprint density at radius 2 is 1.93 bits per heavy atom. The molecule has 0 spiro atoms. The minimum atomic E-state index is -0.199. The Hall–Kier alpha value is -1.05. The maximum Gasteiger partial charge on any atom is 0.336 e. The molecule has 1 heterocycles. The van der Waals surface area contributed by atoms with Gasteiger partial charge < -0.3 is 4.42 Å². The highest BCUT2D eigenvalue weighted by molar-refractivity contribution is 5.28.